The van der Waals surface area contributed by atoms with Crippen molar-refractivity contribution in [1.82, 2.24) is 4.57 Å². The molecule has 2 aromatic carbocycles. The molecule has 5 nitrogen and oxygen atoms in total. The second-order valence-electron chi connectivity index (χ2n) is 4.96. The minimum atomic E-state index is -0.387. The smallest absolute Gasteiger partial charge is 0.269 e. The summed E-state index contributed by atoms with van der Waals surface area (Å²) in [6, 6.07) is 14.9. The Balaban J connectivity index is 1.92. The SMILES string of the molecule is NCc1ccc2ccn(Cc3ccc([N+](=O)[O-])cc3)c2c1. The van der Waals surface area contributed by atoms with E-state index in [0.717, 1.165) is 22.0 Å². The highest BCUT2D eigenvalue weighted by Gasteiger charge is 2.06. The van der Waals surface area contributed by atoms with Crippen LogP contribution in [0.2, 0.25) is 0 Å². The van der Waals surface area contributed by atoms with Crippen LogP contribution in [0.4, 0.5) is 5.69 Å². The molecule has 0 atom stereocenters. The molecular weight excluding hydrogens is 266 g/mol. The molecule has 2 N–H and O–H groups in total. The van der Waals surface area contributed by atoms with E-state index in [4.69, 9.17) is 5.73 Å². The van der Waals surface area contributed by atoms with Crippen LogP contribution in [0.25, 0.3) is 10.9 Å². The molecule has 0 aliphatic rings. The van der Waals surface area contributed by atoms with Crippen molar-refractivity contribution in [3.8, 4) is 0 Å². The molecule has 0 amide bonds. The quantitative estimate of drug-likeness (QED) is 0.590. The number of fused-ring (bicyclic) bond motifs is 1. The Bertz CT molecular complexity index is 791. The van der Waals surface area contributed by atoms with Crippen molar-refractivity contribution in [1.29, 1.82) is 0 Å². The first kappa shape index (κ1) is 13.3. The Morgan fingerprint density at radius 2 is 1.76 bits per heavy atom. The molecule has 0 aliphatic heterocycles. The number of nitrogens with two attached hydrogens (primary N) is 1. The molecule has 1 aromatic heterocycles. The molecule has 106 valence electrons. The Morgan fingerprint density at radius 1 is 1.05 bits per heavy atom. The molecule has 3 aromatic rings. The third-order valence-electron chi connectivity index (χ3n) is 3.57. The molecule has 1 heterocycles. The maximum absolute atomic E-state index is 10.7. The fourth-order valence-corrected chi connectivity index (χ4v) is 2.41. The predicted octanol–water partition coefficient (Wildman–Crippen LogP) is 3.06. The van der Waals surface area contributed by atoms with Crippen LogP contribution >= 0.6 is 0 Å². The first-order valence-corrected chi connectivity index (χ1v) is 6.68. The molecule has 21 heavy (non-hydrogen) atoms. The largest absolute Gasteiger partial charge is 0.343 e. The minimum Gasteiger partial charge on any atom is -0.343 e. The molecule has 0 fully saturated rings. The number of hydrogen-bond donors (Lipinski definition) is 1. The summed E-state index contributed by atoms with van der Waals surface area (Å²) in [6.07, 6.45) is 2.02. The molecule has 0 aliphatic carbocycles. The lowest BCUT2D eigenvalue weighted by atomic mass is 10.1. The van der Waals surface area contributed by atoms with Gasteiger partial charge in [0.2, 0.25) is 0 Å². The van der Waals surface area contributed by atoms with Gasteiger partial charge in [-0.15, -0.1) is 0 Å². The molecule has 0 radical (unpaired) electrons. The van der Waals surface area contributed by atoms with Gasteiger partial charge in [-0.2, -0.15) is 0 Å². The van der Waals surface area contributed by atoms with Crippen LogP contribution in [0.1, 0.15) is 11.1 Å². The lowest BCUT2D eigenvalue weighted by molar-refractivity contribution is -0.384. The summed E-state index contributed by atoms with van der Waals surface area (Å²) < 4.78 is 2.12. The number of nitro groups is 1. The molecular formula is C16H15N3O2. The summed E-state index contributed by atoms with van der Waals surface area (Å²) in [5, 5.41) is 11.8. The zero-order valence-corrected chi connectivity index (χ0v) is 11.4. The number of rotatable bonds is 4. The van der Waals surface area contributed by atoms with Crippen molar-refractivity contribution in [2.24, 2.45) is 5.73 Å². The standard InChI is InChI=1S/C16H15N3O2/c17-10-13-1-4-14-7-8-18(16(14)9-13)11-12-2-5-15(6-3-12)19(20)21/h1-9H,10-11,17H2. The van der Waals surface area contributed by atoms with Gasteiger partial charge in [-0.3, -0.25) is 10.1 Å². The van der Waals surface area contributed by atoms with E-state index in [0.29, 0.717) is 13.1 Å². The van der Waals surface area contributed by atoms with Crippen LogP contribution in [0, 0.1) is 10.1 Å². The fourth-order valence-electron chi connectivity index (χ4n) is 2.41. The number of hydrogen-bond acceptors (Lipinski definition) is 3. The first-order valence-electron chi connectivity index (χ1n) is 6.68. The van der Waals surface area contributed by atoms with E-state index in [1.807, 2.05) is 12.3 Å². The average Bonchev–Trinajstić information content (AvgIpc) is 2.90. The topological polar surface area (TPSA) is 74.1 Å². The van der Waals surface area contributed by atoms with Crippen LogP contribution in [0.5, 0.6) is 0 Å². The van der Waals surface area contributed by atoms with E-state index in [9.17, 15) is 10.1 Å². The van der Waals surface area contributed by atoms with Crippen molar-refractivity contribution in [3.05, 3.63) is 76.0 Å². The summed E-state index contributed by atoms with van der Waals surface area (Å²) in [6.45, 7) is 1.19. The van der Waals surface area contributed by atoms with Crippen molar-refractivity contribution in [2.75, 3.05) is 0 Å². The van der Waals surface area contributed by atoms with Crippen LogP contribution in [-0.2, 0) is 13.1 Å². The minimum absolute atomic E-state index is 0.113. The van der Waals surface area contributed by atoms with E-state index in [1.54, 1.807) is 12.1 Å². The van der Waals surface area contributed by atoms with Crippen molar-refractivity contribution >= 4 is 16.6 Å². The highest BCUT2D eigenvalue weighted by Crippen LogP contribution is 2.20. The lowest BCUT2D eigenvalue weighted by Crippen LogP contribution is -2.00. The highest BCUT2D eigenvalue weighted by atomic mass is 16.6. The normalized spacial score (nSPS) is 10.9. The van der Waals surface area contributed by atoms with Gasteiger partial charge in [-0.1, -0.05) is 24.3 Å². The molecule has 0 spiro atoms. The zero-order valence-electron chi connectivity index (χ0n) is 11.4. The van der Waals surface area contributed by atoms with Crippen LogP contribution in [0.3, 0.4) is 0 Å². The maximum Gasteiger partial charge on any atom is 0.269 e. The molecule has 3 rings (SSSR count). The summed E-state index contributed by atoms with van der Waals surface area (Å²) in [4.78, 5) is 10.3. The third kappa shape index (κ3) is 2.64. The highest BCUT2D eigenvalue weighted by molar-refractivity contribution is 5.81. The average molecular weight is 281 g/mol. The van der Waals surface area contributed by atoms with Gasteiger partial charge in [0.05, 0.1) is 4.92 Å². The van der Waals surface area contributed by atoms with Gasteiger partial charge in [0.1, 0.15) is 0 Å². The van der Waals surface area contributed by atoms with Gasteiger partial charge < -0.3 is 10.3 Å². The Hall–Kier alpha value is -2.66. The third-order valence-corrected chi connectivity index (χ3v) is 3.57. The van der Waals surface area contributed by atoms with Crippen molar-refractivity contribution in [2.45, 2.75) is 13.1 Å². The monoisotopic (exact) mass is 281 g/mol. The Morgan fingerprint density at radius 3 is 2.43 bits per heavy atom. The molecule has 0 saturated heterocycles. The maximum atomic E-state index is 10.7. The van der Waals surface area contributed by atoms with E-state index >= 15 is 0 Å². The van der Waals surface area contributed by atoms with Gasteiger partial charge in [0, 0.05) is 36.9 Å². The van der Waals surface area contributed by atoms with E-state index in [-0.39, 0.29) is 10.6 Å². The lowest BCUT2D eigenvalue weighted by Gasteiger charge is -2.07. The number of aromatic nitrogens is 1. The summed E-state index contributed by atoms with van der Waals surface area (Å²) in [7, 11) is 0. The molecule has 5 heteroatoms. The number of nitrogens with zero attached hydrogens (tertiary/aromatic N) is 2. The van der Waals surface area contributed by atoms with Crippen LogP contribution < -0.4 is 5.73 Å². The van der Waals surface area contributed by atoms with E-state index in [1.165, 1.54) is 12.1 Å². The molecule has 0 saturated carbocycles. The summed E-state index contributed by atoms with van der Waals surface area (Å²) >= 11 is 0. The van der Waals surface area contributed by atoms with Gasteiger partial charge in [-0.05, 0) is 28.6 Å². The second kappa shape index (κ2) is 5.38. The van der Waals surface area contributed by atoms with Gasteiger partial charge >= 0.3 is 0 Å². The Labute approximate surface area is 121 Å². The van der Waals surface area contributed by atoms with Gasteiger partial charge in [0.15, 0.2) is 0 Å². The van der Waals surface area contributed by atoms with Crippen LogP contribution in [-0.4, -0.2) is 9.49 Å². The summed E-state index contributed by atoms with van der Waals surface area (Å²) in [5.41, 5.74) is 9.03. The number of benzene rings is 2. The molecule has 0 bridgehead atoms. The van der Waals surface area contributed by atoms with Crippen LogP contribution in [0.15, 0.2) is 54.7 Å². The number of non-ortho nitro benzene ring substituents is 1. The Kier molecular flexibility index (Phi) is 3.41. The first-order chi connectivity index (χ1) is 10.2. The second-order valence-corrected chi connectivity index (χ2v) is 4.96. The van der Waals surface area contributed by atoms with E-state index < -0.39 is 0 Å². The summed E-state index contributed by atoms with van der Waals surface area (Å²) in [5.74, 6) is 0. The fraction of sp³-hybridized carbons (Fsp3) is 0.125. The van der Waals surface area contributed by atoms with Gasteiger partial charge in [-0.25, -0.2) is 0 Å². The predicted molar refractivity (Wildman–Crippen MR) is 82.0 cm³/mol. The number of nitro benzene ring substituents is 1. The zero-order chi connectivity index (χ0) is 14.8. The molecule has 0 unspecified atom stereocenters. The van der Waals surface area contributed by atoms with Crippen molar-refractivity contribution in [3.63, 3.8) is 0 Å². The van der Waals surface area contributed by atoms with Gasteiger partial charge in [0.25, 0.3) is 5.69 Å². The van der Waals surface area contributed by atoms with E-state index in [2.05, 4.69) is 22.8 Å². The van der Waals surface area contributed by atoms with Crippen molar-refractivity contribution < 1.29 is 4.92 Å².